The van der Waals surface area contributed by atoms with Gasteiger partial charge in [-0.05, 0) is 19.9 Å². The molecule has 0 radical (unpaired) electrons. The first-order valence-corrected chi connectivity index (χ1v) is 7.70. The predicted octanol–water partition coefficient (Wildman–Crippen LogP) is 2.82. The summed E-state index contributed by atoms with van der Waals surface area (Å²) in [5.74, 6) is 0.583. The molecular formula is C16H21N5O2. The quantitative estimate of drug-likeness (QED) is 0.678. The Morgan fingerprint density at radius 3 is 2.91 bits per heavy atom. The van der Waals surface area contributed by atoms with Crippen LogP contribution in [0.15, 0.2) is 24.7 Å². The summed E-state index contributed by atoms with van der Waals surface area (Å²) in [6.45, 7) is 5.39. The number of methoxy groups -OCH3 is 1. The molecule has 0 fully saturated rings. The molecule has 0 unspecified atom stereocenters. The maximum Gasteiger partial charge on any atom is 0.225 e. The number of nitrogens with zero attached hydrogens (tertiary/aromatic N) is 4. The molecule has 0 aliphatic rings. The van der Waals surface area contributed by atoms with Gasteiger partial charge in [0, 0.05) is 44.1 Å². The van der Waals surface area contributed by atoms with Gasteiger partial charge in [-0.1, -0.05) is 0 Å². The highest BCUT2D eigenvalue weighted by molar-refractivity contribution is 5.96. The highest BCUT2D eigenvalue weighted by atomic mass is 16.5. The van der Waals surface area contributed by atoms with Crippen molar-refractivity contribution in [2.24, 2.45) is 0 Å². The minimum Gasteiger partial charge on any atom is -0.477 e. The van der Waals surface area contributed by atoms with Crippen molar-refractivity contribution in [3.63, 3.8) is 0 Å². The number of rotatable bonds is 7. The third-order valence-electron chi connectivity index (χ3n) is 3.58. The lowest BCUT2D eigenvalue weighted by Crippen LogP contribution is -2.02. The number of nitrogens with one attached hydrogen (secondary N) is 1. The first-order chi connectivity index (χ1) is 11.2. The zero-order valence-corrected chi connectivity index (χ0v) is 13.6. The van der Waals surface area contributed by atoms with E-state index in [2.05, 4.69) is 34.1 Å². The van der Waals surface area contributed by atoms with Gasteiger partial charge >= 0.3 is 0 Å². The monoisotopic (exact) mass is 315 g/mol. The van der Waals surface area contributed by atoms with Gasteiger partial charge in [-0.3, -0.25) is 9.78 Å². The molecule has 1 N–H and O–H groups in total. The van der Waals surface area contributed by atoms with Gasteiger partial charge in [0.05, 0.1) is 23.7 Å². The summed E-state index contributed by atoms with van der Waals surface area (Å²) < 4.78 is 12.8. The fraction of sp³-hybridized carbons (Fsp3) is 0.438. The Bertz CT molecular complexity index is 778. The number of H-pyrrole nitrogens is 1. The third-order valence-corrected chi connectivity index (χ3v) is 3.58. The molecule has 3 rings (SSSR count). The first kappa shape index (κ1) is 15.5. The molecule has 3 heterocycles. The number of hydrogen-bond acceptors (Lipinski definition) is 5. The lowest BCUT2D eigenvalue weighted by molar-refractivity contribution is 0.171. The van der Waals surface area contributed by atoms with Crippen LogP contribution in [0.5, 0.6) is 5.88 Å². The van der Waals surface area contributed by atoms with E-state index < -0.39 is 0 Å². The Kier molecular flexibility index (Phi) is 4.57. The molecule has 0 saturated heterocycles. The van der Waals surface area contributed by atoms with Crippen molar-refractivity contribution in [3.8, 4) is 17.1 Å². The molecule has 0 atom stereocenters. The second kappa shape index (κ2) is 6.78. The van der Waals surface area contributed by atoms with Crippen LogP contribution in [0.2, 0.25) is 0 Å². The lowest BCUT2D eigenvalue weighted by Gasteiger charge is -2.06. The van der Waals surface area contributed by atoms with Crippen LogP contribution in [-0.4, -0.2) is 45.3 Å². The molecule has 0 aromatic carbocycles. The van der Waals surface area contributed by atoms with Crippen molar-refractivity contribution < 1.29 is 9.47 Å². The van der Waals surface area contributed by atoms with Crippen LogP contribution in [-0.2, 0) is 4.74 Å². The van der Waals surface area contributed by atoms with Gasteiger partial charge in [0.1, 0.15) is 5.69 Å². The highest BCUT2D eigenvalue weighted by Gasteiger charge is 2.16. The molecule has 0 aliphatic carbocycles. The number of hydrogen-bond donors (Lipinski definition) is 1. The number of aromatic amines is 1. The Balaban J connectivity index is 1.94. The van der Waals surface area contributed by atoms with Crippen LogP contribution < -0.4 is 4.74 Å². The molecule has 0 spiro atoms. The molecule has 0 saturated carbocycles. The predicted molar refractivity (Wildman–Crippen MR) is 87.5 cm³/mol. The maximum absolute atomic E-state index is 5.82. The van der Waals surface area contributed by atoms with E-state index >= 15 is 0 Å². The van der Waals surface area contributed by atoms with E-state index in [0.29, 0.717) is 25.1 Å². The number of pyridine rings is 1. The van der Waals surface area contributed by atoms with E-state index in [0.717, 1.165) is 28.6 Å². The van der Waals surface area contributed by atoms with Crippen LogP contribution in [0.4, 0.5) is 0 Å². The topological polar surface area (TPSA) is 77.8 Å². The molecular weight excluding hydrogens is 294 g/mol. The molecule has 0 amide bonds. The average molecular weight is 315 g/mol. The zero-order chi connectivity index (χ0) is 16.2. The van der Waals surface area contributed by atoms with Crippen molar-refractivity contribution in [1.82, 2.24) is 25.0 Å². The van der Waals surface area contributed by atoms with Crippen LogP contribution in [0.25, 0.3) is 22.2 Å². The summed E-state index contributed by atoms with van der Waals surface area (Å²) in [5.41, 5.74) is 2.65. The lowest BCUT2D eigenvalue weighted by atomic mass is 10.1. The van der Waals surface area contributed by atoms with Crippen molar-refractivity contribution in [2.45, 2.75) is 26.3 Å². The zero-order valence-electron chi connectivity index (χ0n) is 13.6. The summed E-state index contributed by atoms with van der Waals surface area (Å²) in [4.78, 5) is 4.35. The van der Waals surface area contributed by atoms with Crippen LogP contribution in [0, 0.1) is 0 Å². The van der Waals surface area contributed by atoms with Gasteiger partial charge in [-0.15, -0.1) is 0 Å². The van der Waals surface area contributed by atoms with Gasteiger partial charge in [0.15, 0.2) is 0 Å². The highest BCUT2D eigenvalue weighted by Crippen LogP contribution is 2.32. The molecule has 7 heteroatoms. The first-order valence-electron chi connectivity index (χ1n) is 7.70. The number of aromatic nitrogens is 5. The standard InChI is InChI=1S/C16H21N5O2/c1-11(2)21-10-12(9-18-21)15-14-13(19-20-15)5-6-17-16(14)23-8-4-7-22-3/h5-6,9-11H,4,7-8H2,1-3H3,(H,19,20). The number of fused-ring (bicyclic) bond motifs is 1. The number of ether oxygens (including phenoxy) is 2. The van der Waals surface area contributed by atoms with Crippen molar-refractivity contribution in [2.75, 3.05) is 20.3 Å². The van der Waals surface area contributed by atoms with Crippen LogP contribution in [0.3, 0.4) is 0 Å². The minimum absolute atomic E-state index is 0.303. The van der Waals surface area contributed by atoms with E-state index in [9.17, 15) is 0 Å². The van der Waals surface area contributed by atoms with E-state index in [1.54, 1.807) is 13.3 Å². The molecule has 0 bridgehead atoms. The summed E-state index contributed by atoms with van der Waals surface area (Å²) in [6.07, 6.45) is 6.33. The van der Waals surface area contributed by atoms with Crippen molar-refractivity contribution >= 4 is 10.9 Å². The molecule has 3 aromatic rings. The molecule has 3 aromatic heterocycles. The minimum atomic E-state index is 0.303. The summed E-state index contributed by atoms with van der Waals surface area (Å²) in [6, 6.07) is 2.19. The molecule has 7 nitrogen and oxygen atoms in total. The van der Waals surface area contributed by atoms with Gasteiger partial charge in [0.25, 0.3) is 0 Å². The Labute approximate surface area is 134 Å². The van der Waals surface area contributed by atoms with Gasteiger partial charge < -0.3 is 9.47 Å². The third kappa shape index (κ3) is 3.19. The van der Waals surface area contributed by atoms with Crippen LogP contribution in [0.1, 0.15) is 26.3 Å². The van der Waals surface area contributed by atoms with Gasteiger partial charge in [-0.2, -0.15) is 10.2 Å². The fourth-order valence-electron chi connectivity index (χ4n) is 2.37. The summed E-state index contributed by atoms with van der Waals surface area (Å²) in [7, 11) is 1.68. The molecule has 0 aliphatic heterocycles. The largest absolute Gasteiger partial charge is 0.477 e. The van der Waals surface area contributed by atoms with Gasteiger partial charge in [-0.25, -0.2) is 4.98 Å². The Hall–Kier alpha value is -2.41. The van der Waals surface area contributed by atoms with Crippen molar-refractivity contribution in [1.29, 1.82) is 0 Å². The van der Waals surface area contributed by atoms with E-state index in [1.165, 1.54) is 0 Å². The Morgan fingerprint density at radius 2 is 2.17 bits per heavy atom. The normalized spacial score (nSPS) is 11.5. The average Bonchev–Trinajstić information content (AvgIpc) is 3.18. The summed E-state index contributed by atoms with van der Waals surface area (Å²) >= 11 is 0. The van der Waals surface area contributed by atoms with E-state index in [4.69, 9.17) is 9.47 Å². The van der Waals surface area contributed by atoms with E-state index in [-0.39, 0.29) is 0 Å². The summed E-state index contributed by atoms with van der Waals surface area (Å²) in [5, 5.41) is 12.7. The van der Waals surface area contributed by atoms with E-state index in [1.807, 2.05) is 23.1 Å². The smallest absolute Gasteiger partial charge is 0.225 e. The molecule has 122 valence electrons. The van der Waals surface area contributed by atoms with Crippen molar-refractivity contribution in [3.05, 3.63) is 24.7 Å². The van der Waals surface area contributed by atoms with Gasteiger partial charge in [0.2, 0.25) is 5.88 Å². The molecule has 23 heavy (non-hydrogen) atoms. The second-order valence-corrected chi connectivity index (χ2v) is 5.61. The second-order valence-electron chi connectivity index (χ2n) is 5.61. The Morgan fingerprint density at radius 1 is 1.30 bits per heavy atom. The fourth-order valence-corrected chi connectivity index (χ4v) is 2.37. The van der Waals surface area contributed by atoms with Crippen LogP contribution >= 0.6 is 0 Å². The maximum atomic E-state index is 5.82. The SMILES string of the molecule is COCCCOc1nccc2[nH]nc(-c3cnn(C(C)C)c3)c12.